The van der Waals surface area contributed by atoms with Crippen molar-refractivity contribution in [1.82, 2.24) is 4.90 Å². The number of hydrogen-bond donors (Lipinski definition) is 0. The molecule has 0 fully saturated rings. The van der Waals surface area contributed by atoms with Gasteiger partial charge in [-0.3, -0.25) is 9.59 Å². The molecule has 6 heteroatoms. The predicted octanol–water partition coefficient (Wildman–Crippen LogP) is 2.79. The van der Waals surface area contributed by atoms with Crippen LogP contribution < -0.4 is 0 Å². The van der Waals surface area contributed by atoms with Gasteiger partial charge in [0, 0.05) is 0 Å². The summed E-state index contributed by atoms with van der Waals surface area (Å²) in [6.45, 7) is 0.280. The van der Waals surface area contributed by atoms with E-state index in [0.29, 0.717) is 11.3 Å². The first-order valence-electron chi connectivity index (χ1n) is 8.86. The Morgan fingerprint density at radius 2 is 1.54 bits per heavy atom. The molecule has 0 saturated heterocycles. The van der Waals surface area contributed by atoms with Gasteiger partial charge in [-0.15, -0.1) is 0 Å². The highest BCUT2D eigenvalue weighted by Gasteiger charge is 2.44. The number of hydrogen-bond acceptors (Lipinski definition) is 5. The van der Waals surface area contributed by atoms with Crippen molar-refractivity contribution in [2.75, 3.05) is 14.2 Å². The third-order valence-electron chi connectivity index (χ3n) is 4.67. The Labute approximate surface area is 163 Å². The van der Waals surface area contributed by atoms with Gasteiger partial charge in [0.25, 0.3) is 0 Å². The van der Waals surface area contributed by atoms with Gasteiger partial charge in [-0.2, -0.15) is 0 Å². The number of ether oxygens (including phenoxy) is 2. The van der Waals surface area contributed by atoms with Gasteiger partial charge in [0.15, 0.2) is 0 Å². The van der Waals surface area contributed by atoms with Crippen molar-refractivity contribution in [3.8, 4) is 0 Å². The van der Waals surface area contributed by atoms with Crippen molar-refractivity contribution in [3.05, 3.63) is 77.4 Å². The summed E-state index contributed by atoms with van der Waals surface area (Å²) in [7, 11) is 2.51. The lowest BCUT2D eigenvalue weighted by molar-refractivity contribution is -0.145. The molecule has 0 aliphatic carbocycles. The second-order valence-corrected chi connectivity index (χ2v) is 6.36. The SMILES string of the molecule is COC(=O)CC1C(=O)N(Cc2ccccc2)C(c2ccccc2)=C1C(=O)OC. The van der Waals surface area contributed by atoms with Gasteiger partial charge in [-0.1, -0.05) is 60.7 Å². The van der Waals surface area contributed by atoms with Crippen molar-refractivity contribution < 1.29 is 23.9 Å². The zero-order valence-electron chi connectivity index (χ0n) is 15.8. The fourth-order valence-electron chi connectivity index (χ4n) is 3.35. The second kappa shape index (κ2) is 8.52. The molecule has 0 bridgehead atoms. The van der Waals surface area contributed by atoms with Crippen LogP contribution in [0.3, 0.4) is 0 Å². The van der Waals surface area contributed by atoms with Crippen LogP contribution in [0.4, 0.5) is 0 Å². The average molecular weight is 379 g/mol. The Hall–Kier alpha value is -3.41. The second-order valence-electron chi connectivity index (χ2n) is 6.36. The smallest absolute Gasteiger partial charge is 0.336 e. The fourth-order valence-corrected chi connectivity index (χ4v) is 3.35. The number of carbonyl (C=O) groups is 3. The first-order valence-corrected chi connectivity index (χ1v) is 8.86. The standard InChI is InChI=1S/C22H21NO5/c1-27-18(24)13-17-19(22(26)28-2)20(16-11-7-4-8-12-16)23(21(17)25)14-15-9-5-3-6-10-15/h3-12,17H,13-14H2,1-2H3. The quantitative estimate of drug-likeness (QED) is 0.722. The fraction of sp³-hybridized carbons (Fsp3) is 0.227. The van der Waals surface area contributed by atoms with Crippen LogP contribution in [0.5, 0.6) is 0 Å². The molecule has 1 aliphatic rings. The molecule has 1 atom stereocenters. The van der Waals surface area contributed by atoms with E-state index in [4.69, 9.17) is 9.47 Å². The zero-order chi connectivity index (χ0) is 20.1. The van der Waals surface area contributed by atoms with Crippen LogP contribution in [0.25, 0.3) is 5.70 Å². The number of esters is 2. The van der Waals surface area contributed by atoms with Gasteiger partial charge in [0.1, 0.15) is 0 Å². The summed E-state index contributed by atoms with van der Waals surface area (Å²) in [5.41, 5.74) is 2.27. The van der Waals surface area contributed by atoms with Gasteiger partial charge in [-0.25, -0.2) is 4.79 Å². The van der Waals surface area contributed by atoms with Crippen LogP contribution in [0.2, 0.25) is 0 Å². The number of nitrogens with zero attached hydrogens (tertiary/aromatic N) is 1. The lowest BCUT2D eigenvalue weighted by atomic mass is 9.95. The first kappa shape index (κ1) is 19.4. The van der Waals surface area contributed by atoms with Crippen molar-refractivity contribution >= 4 is 23.5 Å². The molecule has 1 amide bonds. The van der Waals surface area contributed by atoms with Gasteiger partial charge in [0.2, 0.25) is 5.91 Å². The van der Waals surface area contributed by atoms with Gasteiger partial charge in [-0.05, 0) is 11.1 Å². The Bertz CT molecular complexity index is 905. The van der Waals surface area contributed by atoms with E-state index in [2.05, 4.69) is 0 Å². The van der Waals surface area contributed by atoms with E-state index < -0.39 is 17.9 Å². The summed E-state index contributed by atoms with van der Waals surface area (Å²) < 4.78 is 9.68. The predicted molar refractivity (Wildman–Crippen MR) is 102 cm³/mol. The third kappa shape index (κ3) is 3.81. The Balaban J connectivity index is 2.13. The summed E-state index contributed by atoms with van der Waals surface area (Å²) in [5.74, 6) is -2.46. The highest BCUT2D eigenvalue weighted by atomic mass is 16.5. The van der Waals surface area contributed by atoms with Crippen molar-refractivity contribution in [2.24, 2.45) is 5.92 Å². The molecule has 0 saturated carbocycles. The molecule has 1 aliphatic heterocycles. The molecule has 0 radical (unpaired) electrons. The van der Waals surface area contributed by atoms with Crippen LogP contribution in [0.1, 0.15) is 17.5 Å². The first-order chi connectivity index (χ1) is 13.6. The van der Waals surface area contributed by atoms with Gasteiger partial charge >= 0.3 is 11.9 Å². The highest BCUT2D eigenvalue weighted by molar-refractivity contribution is 6.11. The lowest BCUT2D eigenvalue weighted by Crippen LogP contribution is -2.30. The minimum absolute atomic E-state index is 0.181. The molecule has 2 aromatic carbocycles. The molecule has 3 rings (SSSR count). The molecule has 6 nitrogen and oxygen atoms in total. The summed E-state index contributed by atoms with van der Waals surface area (Å²) >= 11 is 0. The van der Waals surface area contributed by atoms with E-state index in [1.165, 1.54) is 14.2 Å². The molecule has 0 aromatic heterocycles. The van der Waals surface area contributed by atoms with E-state index in [-0.39, 0.29) is 24.4 Å². The lowest BCUT2D eigenvalue weighted by Gasteiger charge is -2.21. The summed E-state index contributed by atoms with van der Waals surface area (Å²) in [6, 6.07) is 18.6. The largest absolute Gasteiger partial charge is 0.469 e. The number of methoxy groups -OCH3 is 2. The number of rotatable bonds is 6. The third-order valence-corrected chi connectivity index (χ3v) is 4.67. The number of carbonyl (C=O) groups excluding carboxylic acids is 3. The summed E-state index contributed by atoms with van der Waals surface area (Å²) in [5, 5.41) is 0. The van der Waals surface area contributed by atoms with Gasteiger partial charge < -0.3 is 14.4 Å². The van der Waals surface area contributed by atoms with E-state index in [0.717, 1.165) is 5.56 Å². The molecule has 144 valence electrons. The van der Waals surface area contributed by atoms with E-state index in [1.54, 1.807) is 4.90 Å². The van der Waals surface area contributed by atoms with Crippen LogP contribution in [0, 0.1) is 5.92 Å². The molecule has 1 heterocycles. The molecular weight excluding hydrogens is 358 g/mol. The van der Waals surface area contributed by atoms with Crippen molar-refractivity contribution in [1.29, 1.82) is 0 Å². The monoisotopic (exact) mass is 379 g/mol. The highest BCUT2D eigenvalue weighted by Crippen LogP contribution is 2.39. The van der Waals surface area contributed by atoms with Crippen LogP contribution >= 0.6 is 0 Å². The van der Waals surface area contributed by atoms with Gasteiger partial charge in [0.05, 0.1) is 44.4 Å². The van der Waals surface area contributed by atoms with E-state index >= 15 is 0 Å². The maximum Gasteiger partial charge on any atom is 0.336 e. The molecule has 0 spiro atoms. The van der Waals surface area contributed by atoms with Crippen molar-refractivity contribution in [3.63, 3.8) is 0 Å². The summed E-state index contributed by atoms with van der Waals surface area (Å²) in [6.07, 6.45) is -0.221. The number of amides is 1. The minimum Gasteiger partial charge on any atom is -0.469 e. The normalized spacial score (nSPS) is 16.3. The van der Waals surface area contributed by atoms with E-state index in [9.17, 15) is 14.4 Å². The van der Waals surface area contributed by atoms with Crippen LogP contribution in [-0.2, 0) is 30.4 Å². The topological polar surface area (TPSA) is 72.9 Å². The zero-order valence-corrected chi connectivity index (χ0v) is 15.8. The molecule has 28 heavy (non-hydrogen) atoms. The summed E-state index contributed by atoms with van der Waals surface area (Å²) in [4.78, 5) is 39.3. The molecular formula is C22H21NO5. The van der Waals surface area contributed by atoms with E-state index in [1.807, 2.05) is 60.7 Å². The minimum atomic E-state index is -0.946. The van der Waals surface area contributed by atoms with Crippen LogP contribution in [0.15, 0.2) is 66.2 Å². The maximum atomic E-state index is 13.2. The van der Waals surface area contributed by atoms with Crippen LogP contribution in [-0.4, -0.2) is 37.0 Å². The molecule has 2 aromatic rings. The Kier molecular flexibility index (Phi) is 5.89. The Morgan fingerprint density at radius 1 is 0.929 bits per heavy atom. The Morgan fingerprint density at radius 3 is 2.11 bits per heavy atom. The maximum absolute atomic E-state index is 13.2. The molecule has 0 N–H and O–H groups in total. The average Bonchev–Trinajstić information content (AvgIpc) is 3.00. The van der Waals surface area contributed by atoms with Crippen molar-refractivity contribution in [2.45, 2.75) is 13.0 Å². The number of benzene rings is 2. The molecule has 1 unspecified atom stereocenters.